The molecular formula is C22H18ClN3O4S. The number of rotatable bonds is 5. The zero-order valence-electron chi connectivity index (χ0n) is 16.5. The van der Waals surface area contributed by atoms with E-state index in [-0.39, 0.29) is 17.0 Å². The molecule has 0 fully saturated rings. The highest BCUT2D eigenvalue weighted by Crippen LogP contribution is 2.38. The molecule has 31 heavy (non-hydrogen) atoms. The van der Waals surface area contributed by atoms with Crippen LogP contribution in [0.4, 0.5) is 5.69 Å². The van der Waals surface area contributed by atoms with Gasteiger partial charge in [-0.25, -0.2) is 0 Å². The molecule has 0 unspecified atom stereocenters. The van der Waals surface area contributed by atoms with Crippen molar-refractivity contribution in [1.29, 1.82) is 0 Å². The van der Waals surface area contributed by atoms with Crippen molar-refractivity contribution < 1.29 is 13.3 Å². The van der Waals surface area contributed by atoms with Crippen LogP contribution in [0.25, 0.3) is 0 Å². The maximum Gasteiger partial charge on any atom is 0.279 e. The predicted octanol–water partition coefficient (Wildman–Crippen LogP) is 5.10. The van der Waals surface area contributed by atoms with E-state index >= 15 is 0 Å². The van der Waals surface area contributed by atoms with Crippen molar-refractivity contribution >= 4 is 33.0 Å². The fourth-order valence-electron chi connectivity index (χ4n) is 3.44. The van der Waals surface area contributed by atoms with Crippen LogP contribution in [0.15, 0.2) is 82.8 Å². The number of non-ortho nitro benzene ring substituents is 1. The first-order valence-electron chi connectivity index (χ1n) is 9.44. The first kappa shape index (κ1) is 21.0. The third-order valence-corrected chi connectivity index (χ3v) is 7.03. The van der Waals surface area contributed by atoms with Gasteiger partial charge in [-0.3, -0.25) is 10.1 Å². The minimum atomic E-state index is -3.99. The Morgan fingerprint density at radius 3 is 2.39 bits per heavy atom. The highest BCUT2D eigenvalue weighted by Gasteiger charge is 2.38. The molecule has 158 valence electrons. The zero-order chi connectivity index (χ0) is 22.2. The number of halogens is 1. The van der Waals surface area contributed by atoms with E-state index in [4.69, 9.17) is 11.6 Å². The second-order valence-corrected chi connectivity index (χ2v) is 9.45. The lowest BCUT2D eigenvalue weighted by atomic mass is 9.99. The molecule has 0 aliphatic carbocycles. The molecule has 4 rings (SSSR count). The summed E-state index contributed by atoms with van der Waals surface area (Å²) in [6, 6.07) is 18.7. The number of benzene rings is 3. The summed E-state index contributed by atoms with van der Waals surface area (Å²) < 4.78 is 27.9. The summed E-state index contributed by atoms with van der Waals surface area (Å²) in [6.07, 6.45) is 0.272. The molecule has 1 aliphatic rings. The van der Waals surface area contributed by atoms with Crippen molar-refractivity contribution in [2.45, 2.75) is 24.3 Å². The second kappa shape index (κ2) is 8.13. The lowest BCUT2D eigenvalue weighted by molar-refractivity contribution is -0.384. The van der Waals surface area contributed by atoms with Crippen molar-refractivity contribution in [3.05, 3.63) is 105 Å². The molecule has 3 aromatic rings. The minimum Gasteiger partial charge on any atom is -0.258 e. The summed E-state index contributed by atoms with van der Waals surface area (Å²) in [7, 11) is -3.99. The molecule has 9 heteroatoms. The number of aryl methyl sites for hydroxylation is 1. The van der Waals surface area contributed by atoms with Gasteiger partial charge in [0, 0.05) is 23.6 Å². The molecule has 0 spiro atoms. The van der Waals surface area contributed by atoms with Crippen LogP contribution in [0.1, 0.15) is 29.2 Å². The lowest BCUT2D eigenvalue weighted by Crippen LogP contribution is -2.27. The molecule has 0 amide bonds. The summed E-state index contributed by atoms with van der Waals surface area (Å²) in [6.45, 7) is 1.87. The maximum atomic E-state index is 13.4. The molecule has 0 aromatic heterocycles. The first-order chi connectivity index (χ1) is 14.8. The Balaban J connectivity index is 1.81. The first-order valence-corrected chi connectivity index (χ1v) is 11.3. The number of nitrogens with zero attached hydrogens (tertiary/aromatic N) is 3. The van der Waals surface area contributed by atoms with E-state index in [0.717, 1.165) is 15.5 Å². The van der Waals surface area contributed by atoms with Gasteiger partial charge in [0.15, 0.2) is 0 Å². The third kappa shape index (κ3) is 4.17. The van der Waals surface area contributed by atoms with Crippen LogP contribution in [0.3, 0.4) is 0 Å². The van der Waals surface area contributed by atoms with E-state index in [1.165, 1.54) is 24.3 Å². The van der Waals surface area contributed by atoms with Crippen molar-refractivity contribution in [2.75, 3.05) is 0 Å². The fourth-order valence-corrected chi connectivity index (χ4v) is 5.00. The largest absolute Gasteiger partial charge is 0.279 e. The maximum absolute atomic E-state index is 13.4. The third-order valence-electron chi connectivity index (χ3n) is 5.08. The van der Waals surface area contributed by atoms with Gasteiger partial charge in [0.1, 0.15) is 0 Å². The van der Waals surface area contributed by atoms with E-state index in [9.17, 15) is 18.5 Å². The molecule has 3 aromatic carbocycles. The quantitative estimate of drug-likeness (QED) is 0.395. The van der Waals surface area contributed by atoms with Crippen LogP contribution in [-0.2, 0) is 10.0 Å². The Hall–Kier alpha value is -3.23. The van der Waals surface area contributed by atoms with E-state index in [1.54, 1.807) is 48.5 Å². The van der Waals surface area contributed by atoms with Crippen molar-refractivity contribution in [1.82, 2.24) is 4.41 Å². The fraction of sp³-hybridized carbons (Fsp3) is 0.136. The molecule has 1 atom stereocenters. The van der Waals surface area contributed by atoms with Crippen LogP contribution in [0.2, 0.25) is 5.02 Å². The predicted molar refractivity (Wildman–Crippen MR) is 119 cm³/mol. The number of hydrogen-bond donors (Lipinski definition) is 0. The van der Waals surface area contributed by atoms with Crippen LogP contribution < -0.4 is 0 Å². The zero-order valence-corrected chi connectivity index (χ0v) is 18.0. The van der Waals surface area contributed by atoms with Crippen molar-refractivity contribution in [3.63, 3.8) is 0 Å². The van der Waals surface area contributed by atoms with Crippen LogP contribution in [0.5, 0.6) is 0 Å². The average molecular weight is 456 g/mol. The van der Waals surface area contributed by atoms with Gasteiger partial charge in [0.25, 0.3) is 15.7 Å². The number of hydrogen-bond acceptors (Lipinski definition) is 5. The minimum absolute atomic E-state index is 0.106. The molecule has 7 nitrogen and oxygen atoms in total. The smallest absolute Gasteiger partial charge is 0.258 e. The molecule has 1 aliphatic heterocycles. The molecule has 0 saturated carbocycles. The van der Waals surface area contributed by atoms with Gasteiger partial charge in [0.05, 0.1) is 21.6 Å². The number of sulfonamides is 1. The highest BCUT2D eigenvalue weighted by atomic mass is 35.5. The Kier molecular flexibility index (Phi) is 5.51. The van der Waals surface area contributed by atoms with Crippen LogP contribution >= 0.6 is 11.6 Å². The van der Waals surface area contributed by atoms with E-state index in [0.29, 0.717) is 16.3 Å². The lowest BCUT2D eigenvalue weighted by Gasteiger charge is -2.23. The monoisotopic (exact) mass is 455 g/mol. The van der Waals surface area contributed by atoms with Gasteiger partial charge >= 0.3 is 0 Å². The Bertz CT molecular complexity index is 1270. The summed E-state index contributed by atoms with van der Waals surface area (Å²) in [5.41, 5.74) is 2.62. The van der Waals surface area contributed by atoms with Crippen molar-refractivity contribution in [2.24, 2.45) is 5.10 Å². The molecular weight excluding hydrogens is 438 g/mol. The standard InChI is InChI=1S/C22H18ClN3O4S/c1-15-5-11-20(12-6-15)31(29,30)25-22(17-3-2-4-19(13-17)26(27)28)14-21(24-25)16-7-9-18(23)10-8-16/h2-13,22H,14H2,1H3/t22-/m1/s1. The van der Waals surface area contributed by atoms with Gasteiger partial charge in [-0.2, -0.15) is 17.9 Å². The van der Waals surface area contributed by atoms with Gasteiger partial charge in [-0.1, -0.05) is 53.6 Å². The Morgan fingerprint density at radius 2 is 1.74 bits per heavy atom. The van der Waals surface area contributed by atoms with Gasteiger partial charge in [-0.15, -0.1) is 0 Å². The van der Waals surface area contributed by atoms with E-state index in [1.807, 2.05) is 6.92 Å². The number of nitro groups is 1. The SMILES string of the molecule is Cc1ccc(S(=O)(=O)N2N=C(c3ccc(Cl)cc3)C[C@@H]2c2cccc([N+](=O)[O-])c2)cc1. The van der Waals surface area contributed by atoms with E-state index < -0.39 is 21.0 Å². The Labute approximate surface area is 184 Å². The molecule has 0 saturated heterocycles. The summed E-state index contributed by atoms with van der Waals surface area (Å²) in [5.74, 6) is 0. The molecule has 0 bridgehead atoms. The summed E-state index contributed by atoms with van der Waals surface area (Å²) in [4.78, 5) is 10.9. The Morgan fingerprint density at radius 1 is 1.06 bits per heavy atom. The van der Waals surface area contributed by atoms with Gasteiger partial charge < -0.3 is 0 Å². The normalized spacial score (nSPS) is 16.3. The molecule has 1 heterocycles. The van der Waals surface area contributed by atoms with Gasteiger partial charge in [0.2, 0.25) is 0 Å². The highest BCUT2D eigenvalue weighted by molar-refractivity contribution is 7.89. The summed E-state index contributed by atoms with van der Waals surface area (Å²) >= 11 is 5.97. The van der Waals surface area contributed by atoms with Crippen molar-refractivity contribution in [3.8, 4) is 0 Å². The topological polar surface area (TPSA) is 92.9 Å². The van der Waals surface area contributed by atoms with E-state index in [2.05, 4.69) is 5.10 Å². The molecule has 0 radical (unpaired) electrons. The number of hydrazone groups is 1. The van der Waals surface area contributed by atoms with Crippen LogP contribution in [0, 0.1) is 17.0 Å². The second-order valence-electron chi connectivity index (χ2n) is 7.22. The summed E-state index contributed by atoms with van der Waals surface area (Å²) in [5, 5.41) is 16.2. The van der Waals surface area contributed by atoms with Crippen LogP contribution in [-0.4, -0.2) is 23.5 Å². The van der Waals surface area contributed by atoms with Gasteiger partial charge in [-0.05, 0) is 42.3 Å². The number of nitro benzene ring substituents is 1. The molecule has 0 N–H and O–H groups in total. The average Bonchev–Trinajstić information content (AvgIpc) is 3.21.